The van der Waals surface area contributed by atoms with Gasteiger partial charge in [0, 0.05) is 48.9 Å². The minimum atomic E-state index is -0.0330. The molecule has 1 amide bonds. The van der Waals surface area contributed by atoms with E-state index in [-0.39, 0.29) is 12.5 Å². The van der Waals surface area contributed by atoms with E-state index in [1.165, 1.54) is 43.5 Å². The van der Waals surface area contributed by atoms with Gasteiger partial charge in [0.1, 0.15) is 0 Å². The largest absolute Gasteiger partial charge is 0.376 e. The molecule has 2 aromatic carbocycles. The molecular weight excluding hydrogens is 348 g/mol. The molecular formula is C23H30N4O. The number of hydrogen-bond donors (Lipinski definition) is 2. The Kier molecular flexibility index (Phi) is 6.00. The summed E-state index contributed by atoms with van der Waals surface area (Å²) in [6, 6.07) is 16.6. The maximum absolute atomic E-state index is 12.3. The lowest BCUT2D eigenvalue weighted by molar-refractivity contribution is -0.114. The number of rotatable bonds is 6. The first-order valence-electron chi connectivity index (χ1n) is 10.5. The number of hydrogen-bond acceptors (Lipinski definition) is 4. The molecule has 0 unspecified atom stereocenters. The van der Waals surface area contributed by atoms with Crippen LogP contribution in [0.2, 0.25) is 0 Å². The minimum Gasteiger partial charge on any atom is -0.376 e. The Morgan fingerprint density at radius 1 is 0.679 bits per heavy atom. The summed E-state index contributed by atoms with van der Waals surface area (Å²) < 4.78 is 0. The summed E-state index contributed by atoms with van der Waals surface area (Å²) in [6.45, 7) is 4.81. The van der Waals surface area contributed by atoms with Crippen molar-refractivity contribution in [3.63, 3.8) is 0 Å². The number of benzene rings is 2. The fourth-order valence-electron chi connectivity index (χ4n) is 4.06. The Morgan fingerprint density at radius 2 is 1.14 bits per heavy atom. The number of amides is 1. The quantitative estimate of drug-likeness (QED) is 0.786. The molecule has 0 atom stereocenters. The van der Waals surface area contributed by atoms with Gasteiger partial charge in [-0.2, -0.15) is 0 Å². The molecule has 4 rings (SSSR count). The molecule has 2 aliphatic heterocycles. The first-order valence-corrected chi connectivity index (χ1v) is 10.5. The van der Waals surface area contributed by atoms with Gasteiger partial charge in [-0.15, -0.1) is 0 Å². The second-order valence-corrected chi connectivity index (χ2v) is 7.74. The summed E-state index contributed by atoms with van der Waals surface area (Å²) in [4.78, 5) is 17.1. The van der Waals surface area contributed by atoms with Crippen molar-refractivity contribution < 1.29 is 4.79 Å². The Morgan fingerprint density at radius 3 is 1.68 bits per heavy atom. The van der Waals surface area contributed by atoms with Crippen molar-refractivity contribution in [3.8, 4) is 0 Å². The van der Waals surface area contributed by atoms with E-state index in [0.29, 0.717) is 0 Å². The SMILES string of the molecule is O=C(CNc1ccc(N2CCCC2)cc1)Nc1ccc(N2CCCCC2)cc1. The highest BCUT2D eigenvalue weighted by Gasteiger charge is 2.12. The van der Waals surface area contributed by atoms with Crippen LogP contribution in [-0.4, -0.2) is 38.6 Å². The second-order valence-electron chi connectivity index (χ2n) is 7.74. The number of anilines is 4. The molecule has 0 radical (unpaired) electrons. The molecule has 2 fully saturated rings. The standard InChI is InChI=1S/C23H30N4O/c28-23(18-24-19-6-10-21(11-7-19)27-16-4-5-17-27)25-20-8-12-22(13-9-20)26-14-2-1-3-15-26/h6-13,24H,1-5,14-18H2,(H,25,28). The van der Waals surface area contributed by atoms with Gasteiger partial charge in [-0.3, -0.25) is 4.79 Å². The summed E-state index contributed by atoms with van der Waals surface area (Å²) in [5.41, 5.74) is 4.32. The second kappa shape index (κ2) is 9.00. The van der Waals surface area contributed by atoms with Gasteiger partial charge in [-0.25, -0.2) is 0 Å². The third-order valence-electron chi connectivity index (χ3n) is 5.66. The molecule has 0 bridgehead atoms. The fourth-order valence-corrected chi connectivity index (χ4v) is 4.06. The zero-order valence-corrected chi connectivity index (χ0v) is 16.5. The van der Waals surface area contributed by atoms with Crippen LogP contribution in [0.5, 0.6) is 0 Å². The molecule has 2 aliphatic rings. The molecule has 2 aromatic rings. The van der Waals surface area contributed by atoms with Crippen molar-refractivity contribution in [2.75, 3.05) is 53.2 Å². The third kappa shape index (κ3) is 4.77. The van der Waals surface area contributed by atoms with E-state index in [9.17, 15) is 4.79 Å². The van der Waals surface area contributed by atoms with E-state index < -0.39 is 0 Å². The molecule has 0 saturated carbocycles. The lowest BCUT2D eigenvalue weighted by atomic mass is 10.1. The van der Waals surface area contributed by atoms with Crippen LogP contribution in [0.25, 0.3) is 0 Å². The third-order valence-corrected chi connectivity index (χ3v) is 5.66. The highest BCUT2D eigenvalue weighted by molar-refractivity contribution is 5.93. The Labute approximate surface area is 167 Å². The number of carbonyl (C=O) groups is 1. The van der Waals surface area contributed by atoms with Crippen molar-refractivity contribution in [1.29, 1.82) is 0 Å². The van der Waals surface area contributed by atoms with E-state index in [2.05, 4.69) is 44.7 Å². The molecule has 0 aromatic heterocycles. The Hall–Kier alpha value is -2.69. The van der Waals surface area contributed by atoms with Crippen molar-refractivity contribution in [3.05, 3.63) is 48.5 Å². The minimum absolute atomic E-state index is 0.0330. The molecule has 148 valence electrons. The van der Waals surface area contributed by atoms with E-state index >= 15 is 0 Å². The van der Waals surface area contributed by atoms with Crippen LogP contribution in [0.15, 0.2) is 48.5 Å². The highest BCUT2D eigenvalue weighted by Crippen LogP contribution is 2.23. The molecule has 2 saturated heterocycles. The van der Waals surface area contributed by atoms with Gasteiger partial charge in [0.25, 0.3) is 0 Å². The van der Waals surface area contributed by atoms with Crippen LogP contribution in [-0.2, 0) is 4.79 Å². The van der Waals surface area contributed by atoms with Crippen LogP contribution >= 0.6 is 0 Å². The monoisotopic (exact) mass is 378 g/mol. The molecule has 28 heavy (non-hydrogen) atoms. The van der Waals surface area contributed by atoms with Crippen LogP contribution in [0, 0.1) is 0 Å². The summed E-state index contributed by atoms with van der Waals surface area (Å²) in [5.74, 6) is -0.0330. The summed E-state index contributed by atoms with van der Waals surface area (Å²) in [6.07, 6.45) is 6.42. The maximum atomic E-state index is 12.3. The lowest BCUT2D eigenvalue weighted by Gasteiger charge is -2.28. The number of carbonyl (C=O) groups excluding carboxylic acids is 1. The average molecular weight is 379 g/mol. The van der Waals surface area contributed by atoms with Gasteiger partial charge in [0.05, 0.1) is 6.54 Å². The molecule has 0 aliphatic carbocycles. The Balaban J connectivity index is 1.25. The predicted octanol–water partition coefficient (Wildman–Crippen LogP) is 4.33. The van der Waals surface area contributed by atoms with E-state index in [1.807, 2.05) is 24.3 Å². The van der Waals surface area contributed by atoms with Gasteiger partial charge in [-0.1, -0.05) is 0 Å². The van der Waals surface area contributed by atoms with Gasteiger partial charge in [0.15, 0.2) is 0 Å². The van der Waals surface area contributed by atoms with Crippen molar-refractivity contribution in [2.24, 2.45) is 0 Å². The molecule has 5 heteroatoms. The van der Waals surface area contributed by atoms with Crippen LogP contribution in [0.1, 0.15) is 32.1 Å². The molecule has 5 nitrogen and oxygen atoms in total. The lowest BCUT2D eigenvalue weighted by Crippen LogP contribution is -2.29. The number of piperidine rings is 1. The normalized spacial score (nSPS) is 16.9. The zero-order chi connectivity index (χ0) is 19.2. The van der Waals surface area contributed by atoms with Crippen LogP contribution < -0.4 is 20.4 Å². The summed E-state index contributed by atoms with van der Waals surface area (Å²) in [5, 5.41) is 6.18. The van der Waals surface area contributed by atoms with Gasteiger partial charge in [-0.05, 0) is 80.6 Å². The van der Waals surface area contributed by atoms with Gasteiger partial charge >= 0.3 is 0 Å². The smallest absolute Gasteiger partial charge is 0.243 e. The maximum Gasteiger partial charge on any atom is 0.243 e. The average Bonchev–Trinajstić information content (AvgIpc) is 3.29. The highest BCUT2D eigenvalue weighted by atomic mass is 16.1. The summed E-state index contributed by atoms with van der Waals surface area (Å²) in [7, 11) is 0. The summed E-state index contributed by atoms with van der Waals surface area (Å²) >= 11 is 0. The first-order chi connectivity index (χ1) is 13.8. The van der Waals surface area contributed by atoms with Crippen molar-refractivity contribution >= 4 is 28.7 Å². The number of nitrogens with one attached hydrogen (secondary N) is 2. The van der Waals surface area contributed by atoms with Crippen LogP contribution in [0.4, 0.5) is 22.7 Å². The van der Waals surface area contributed by atoms with Gasteiger partial charge < -0.3 is 20.4 Å². The fraction of sp³-hybridized carbons (Fsp3) is 0.435. The molecule has 2 heterocycles. The van der Waals surface area contributed by atoms with Crippen molar-refractivity contribution in [1.82, 2.24) is 0 Å². The van der Waals surface area contributed by atoms with Crippen LogP contribution in [0.3, 0.4) is 0 Å². The molecule has 0 spiro atoms. The van der Waals surface area contributed by atoms with E-state index in [0.717, 1.165) is 37.6 Å². The topological polar surface area (TPSA) is 47.6 Å². The van der Waals surface area contributed by atoms with Gasteiger partial charge in [0.2, 0.25) is 5.91 Å². The molecule has 2 N–H and O–H groups in total. The van der Waals surface area contributed by atoms with Crippen molar-refractivity contribution in [2.45, 2.75) is 32.1 Å². The van der Waals surface area contributed by atoms with E-state index in [4.69, 9.17) is 0 Å². The number of nitrogens with zero attached hydrogens (tertiary/aromatic N) is 2. The van der Waals surface area contributed by atoms with E-state index in [1.54, 1.807) is 0 Å². The predicted molar refractivity (Wildman–Crippen MR) is 118 cm³/mol. The zero-order valence-electron chi connectivity index (χ0n) is 16.5. The Bertz CT molecular complexity index is 760. The first kappa shape index (κ1) is 18.7.